The SMILES string of the molecule is Cc1ncsc1-c1ccc([C@H](C)NC(=O)[C@@H]2C[C@@H](O)CN2C(=O)[C@@H](c2cc(N3CCN(C(=O)C(=O)N4CC(c5cc6cc(-c7ccccc7O)nnc6[nH]5)C4)CC3)no2)C(C)C)cc1. The quantitative estimate of drug-likeness (QED) is 0.139. The van der Waals surface area contributed by atoms with Crippen LogP contribution in [0.4, 0.5) is 5.82 Å². The Kier molecular flexibility index (Phi) is 11.6. The second kappa shape index (κ2) is 17.5. The van der Waals surface area contributed by atoms with Gasteiger partial charge in [-0.1, -0.05) is 55.4 Å². The number of nitrogens with one attached hydrogen (secondary N) is 2. The minimum absolute atomic E-state index is 0.00928. The fourth-order valence-electron chi connectivity index (χ4n) is 8.94. The van der Waals surface area contributed by atoms with Gasteiger partial charge in [0.15, 0.2) is 17.2 Å². The van der Waals surface area contributed by atoms with Crippen LogP contribution in [0.25, 0.3) is 32.7 Å². The molecule has 4 amide bonds. The highest BCUT2D eigenvalue weighted by molar-refractivity contribution is 7.13. The molecule has 3 saturated heterocycles. The molecule has 0 unspecified atom stereocenters. The third kappa shape index (κ3) is 8.30. The van der Waals surface area contributed by atoms with Crippen LogP contribution < -0.4 is 10.2 Å². The van der Waals surface area contributed by atoms with Crippen molar-refractivity contribution < 1.29 is 33.9 Å². The number of carbonyl (C=O) groups excluding carboxylic acids is 4. The monoisotopic (exact) mass is 886 g/mol. The standard InChI is InChI=1S/C46H50N10O7S/c1-25(2)40(44(60)56-23-32(57)19-36(56)43(59)48-26(3)28-9-11-29(12-10-28)41-27(4)47-24-64-41)38-20-39(52-63-38)53-13-15-54(16-14-53)45(61)46(62)55-21-31(22-55)34-17-30-18-35(50-51-42(30)49-34)33-7-5-6-8-37(33)58/h5-12,17-18,20,24-26,31-32,36,40,57-58H,13-16,19,21-23H2,1-4H3,(H,48,59)(H,49,51)/t26-,32+,36-,40+/m0/s1. The van der Waals surface area contributed by atoms with Crippen molar-refractivity contribution in [2.75, 3.05) is 50.7 Å². The summed E-state index contributed by atoms with van der Waals surface area (Å²) >= 11 is 1.58. The van der Waals surface area contributed by atoms with E-state index in [1.807, 2.05) is 80.6 Å². The zero-order valence-corrected chi connectivity index (χ0v) is 36.8. The molecule has 18 heteroatoms. The number of aromatic hydroxyl groups is 1. The van der Waals surface area contributed by atoms with Gasteiger partial charge in [-0.25, -0.2) is 4.98 Å². The predicted molar refractivity (Wildman–Crippen MR) is 238 cm³/mol. The molecular weight excluding hydrogens is 837 g/mol. The smallest absolute Gasteiger partial charge is 0.312 e. The average Bonchev–Trinajstić information content (AvgIpc) is 4.10. The first-order chi connectivity index (χ1) is 30.8. The molecule has 4 N–H and O–H groups in total. The van der Waals surface area contributed by atoms with Gasteiger partial charge in [-0.3, -0.25) is 19.2 Å². The van der Waals surface area contributed by atoms with Gasteiger partial charge in [0.05, 0.1) is 33.9 Å². The van der Waals surface area contributed by atoms with Gasteiger partial charge in [-0.15, -0.1) is 21.5 Å². The van der Waals surface area contributed by atoms with Crippen molar-refractivity contribution in [3.8, 4) is 27.4 Å². The van der Waals surface area contributed by atoms with E-state index in [2.05, 4.69) is 30.6 Å². The number of rotatable bonds is 10. The number of anilines is 1. The fraction of sp³-hybridized carbons (Fsp3) is 0.391. The zero-order valence-electron chi connectivity index (χ0n) is 36.0. The number of phenolic OH excluding ortho intramolecular Hbond substituents is 1. The summed E-state index contributed by atoms with van der Waals surface area (Å²) in [6.45, 7) is 9.86. The maximum atomic E-state index is 14.3. The molecule has 64 heavy (non-hydrogen) atoms. The number of piperazine rings is 1. The Bertz CT molecular complexity index is 2700. The van der Waals surface area contributed by atoms with Crippen LogP contribution in [-0.2, 0) is 19.2 Å². The van der Waals surface area contributed by atoms with Crippen molar-refractivity contribution in [2.24, 2.45) is 5.92 Å². The first-order valence-electron chi connectivity index (χ1n) is 21.6. The van der Waals surface area contributed by atoms with E-state index in [-0.39, 0.29) is 48.4 Å². The van der Waals surface area contributed by atoms with Crippen molar-refractivity contribution >= 4 is 51.8 Å². The van der Waals surface area contributed by atoms with Gasteiger partial charge in [0.1, 0.15) is 17.7 Å². The van der Waals surface area contributed by atoms with E-state index in [4.69, 9.17) is 4.52 Å². The molecule has 3 aliphatic heterocycles. The number of nitrogens with zero attached hydrogens (tertiary/aromatic N) is 8. The average molecular weight is 887 g/mol. The maximum absolute atomic E-state index is 14.3. The molecule has 4 aromatic heterocycles. The molecule has 0 spiro atoms. The van der Waals surface area contributed by atoms with Crippen LogP contribution >= 0.6 is 11.3 Å². The molecule has 3 aliphatic rings. The lowest BCUT2D eigenvalue weighted by molar-refractivity contribution is -0.154. The van der Waals surface area contributed by atoms with Gasteiger partial charge in [0.2, 0.25) is 11.8 Å². The topological polar surface area (TPSA) is 214 Å². The lowest BCUT2D eigenvalue weighted by Gasteiger charge is -2.40. The number of carbonyl (C=O) groups is 4. The van der Waals surface area contributed by atoms with E-state index in [0.29, 0.717) is 67.8 Å². The number of aryl methyl sites for hydroxylation is 1. The number of thiazole rings is 1. The van der Waals surface area contributed by atoms with Gasteiger partial charge >= 0.3 is 11.8 Å². The van der Waals surface area contributed by atoms with Crippen molar-refractivity contribution in [3.05, 3.63) is 95.0 Å². The van der Waals surface area contributed by atoms with Gasteiger partial charge in [0, 0.05) is 80.9 Å². The molecule has 17 nitrogen and oxygen atoms in total. The Morgan fingerprint density at radius 2 is 1.64 bits per heavy atom. The molecule has 9 rings (SSSR count). The Morgan fingerprint density at radius 1 is 0.906 bits per heavy atom. The van der Waals surface area contributed by atoms with Crippen LogP contribution in [0.1, 0.15) is 67.8 Å². The number of hydrogen-bond acceptors (Lipinski definition) is 13. The molecule has 0 aliphatic carbocycles. The summed E-state index contributed by atoms with van der Waals surface area (Å²) in [7, 11) is 0. The van der Waals surface area contributed by atoms with E-state index in [1.54, 1.807) is 45.4 Å². The first-order valence-corrected chi connectivity index (χ1v) is 22.4. The van der Waals surface area contributed by atoms with Crippen LogP contribution in [0.5, 0.6) is 5.75 Å². The molecule has 2 aromatic carbocycles. The lowest BCUT2D eigenvalue weighted by atomic mass is 9.91. The number of aliphatic hydroxyl groups excluding tert-OH is 1. The van der Waals surface area contributed by atoms with E-state index >= 15 is 0 Å². The number of phenols is 1. The van der Waals surface area contributed by atoms with Crippen molar-refractivity contribution in [3.63, 3.8) is 0 Å². The summed E-state index contributed by atoms with van der Waals surface area (Å²) in [4.78, 5) is 69.9. The summed E-state index contributed by atoms with van der Waals surface area (Å²) in [6, 6.07) is 19.3. The number of aliphatic hydroxyl groups is 1. The molecule has 0 radical (unpaired) electrons. The van der Waals surface area contributed by atoms with E-state index in [0.717, 1.165) is 32.8 Å². The van der Waals surface area contributed by atoms with E-state index < -0.39 is 29.9 Å². The predicted octanol–water partition coefficient (Wildman–Crippen LogP) is 4.60. The number of aromatic amines is 1. The molecule has 0 saturated carbocycles. The third-order valence-corrected chi connectivity index (χ3v) is 13.6. The Balaban J connectivity index is 0.778. The molecular formula is C46H50N10O7S. The summed E-state index contributed by atoms with van der Waals surface area (Å²) in [5.74, 6) is -1.77. The summed E-state index contributed by atoms with van der Waals surface area (Å²) in [5, 5.41) is 37.7. The third-order valence-electron chi connectivity index (χ3n) is 12.7. The van der Waals surface area contributed by atoms with Crippen LogP contribution in [-0.4, -0.2) is 132 Å². The minimum Gasteiger partial charge on any atom is -0.507 e. The van der Waals surface area contributed by atoms with Gasteiger partial charge in [-0.05, 0) is 55.2 Å². The number of amides is 4. The number of H-pyrrole nitrogens is 1. The zero-order chi connectivity index (χ0) is 44.8. The number of fused-ring (bicyclic) bond motifs is 1. The molecule has 6 aromatic rings. The summed E-state index contributed by atoms with van der Waals surface area (Å²) < 4.78 is 5.81. The van der Waals surface area contributed by atoms with E-state index in [1.165, 1.54) is 4.90 Å². The maximum Gasteiger partial charge on any atom is 0.312 e. The molecule has 7 heterocycles. The lowest BCUT2D eigenvalue weighted by Crippen LogP contribution is -2.57. The van der Waals surface area contributed by atoms with Gasteiger partial charge in [0.25, 0.3) is 0 Å². The number of benzene rings is 2. The van der Waals surface area contributed by atoms with Crippen molar-refractivity contribution in [1.82, 2.24) is 45.3 Å². The Hall–Kier alpha value is -6.66. The highest BCUT2D eigenvalue weighted by Crippen LogP contribution is 2.35. The molecule has 332 valence electrons. The summed E-state index contributed by atoms with van der Waals surface area (Å²) in [6.07, 6.45) is -0.738. The highest BCUT2D eigenvalue weighted by Gasteiger charge is 2.44. The number of likely N-dealkylation sites (tertiary alicyclic amines) is 2. The molecule has 0 bridgehead atoms. The van der Waals surface area contributed by atoms with Crippen LogP contribution in [0.15, 0.2) is 76.8 Å². The van der Waals surface area contributed by atoms with Crippen LogP contribution in [0, 0.1) is 12.8 Å². The molecule has 3 fully saturated rings. The van der Waals surface area contributed by atoms with Crippen LogP contribution in [0.2, 0.25) is 0 Å². The Labute approximate surface area is 373 Å². The largest absolute Gasteiger partial charge is 0.507 e. The second-order valence-corrected chi connectivity index (χ2v) is 18.1. The van der Waals surface area contributed by atoms with E-state index in [9.17, 15) is 29.4 Å². The van der Waals surface area contributed by atoms with Crippen LogP contribution in [0.3, 0.4) is 0 Å². The van der Waals surface area contributed by atoms with Crippen molar-refractivity contribution in [2.45, 2.75) is 64.1 Å². The first kappa shape index (κ1) is 42.6. The number of β-amino-alcohol motifs (C(OH)–C–C–N with tert-alkyl or cyclic N) is 1. The number of para-hydroxylation sites is 1. The minimum atomic E-state index is -0.864. The second-order valence-electron chi connectivity index (χ2n) is 17.3. The normalized spacial score (nSPS) is 19.0. The van der Waals surface area contributed by atoms with Gasteiger partial charge in [-0.2, -0.15) is 0 Å². The Morgan fingerprint density at radius 3 is 2.34 bits per heavy atom. The summed E-state index contributed by atoms with van der Waals surface area (Å²) in [5.41, 5.74) is 7.38. The fourth-order valence-corrected chi connectivity index (χ4v) is 9.75. The number of hydrogen-bond donors (Lipinski definition) is 4. The van der Waals surface area contributed by atoms with Crippen molar-refractivity contribution in [1.29, 1.82) is 0 Å². The number of aromatic nitrogens is 5. The molecule has 4 atom stereocenters. The highest BCUT2D eigenvalue weighted by atomic mass is 32.1. The van der Waals surface area contributed by atoms with Gasteiger partial charge < -0.3 is 44.6 Å².